The van der Waals surface area contributed by atoms with E-state index >= 15 is 0 Å². The van der Waals surface area contributed by atoms with Crippen molar-refractivity contribution in [1.82, 2.24) is 4.98 Å². The number of esters is 1. The Bertz CT molecular complexity index is 1130. The molecule has 0 unspecified atom stereocenters. The van der Waals surface area contributed by atoms with E-state index in [0.29, 0.717) is 45.8 Å². The molecule has 3 aromatic rings. The van der Waals surface area contributed by atoms with Crippen LogP contribution >= 0.6 is 34.5 Å². The van der Waals surface area contributed by atoms with E-state index in [9.17, 15) is 9.59 Å². The number of fused-ring (bicyclic) bond motifs is 1. The number of rotatable bonds is 5. The van der Waals surface area contributed by atoms with Crippen LogP contribution in [0.3, 0.4) is 0 Å². The molecule has 9 heteroatoms. The van der Waals surface area contributed by atoms with Crippen molar-refractivity contribution in [1.29, 1.82) is 0 Å². The molecule has 0 saturated heterocycles. The predicted octanol–water partition coefficient (Wildman–Crippen LogP) is 5.44. The summed E-state index contributed by atoms with van der Waals surface area (Å²) < 4.78 is 5.28. The number of amides is 1. The van der Waals surface area contributed by atoms with Gasteiger partial charge in [-0.3, -0.25) is 4.79 Å². The number of hydrogen-bond acceptors (Lipinski definition) is 6. The van der Waals surface area contributed by atoms with Gasteiger partial charge >= 0.3 is 5.97 Å². The van der Waals surface area contributed by atoms with Crippen molar-refractivity contribution >= 4 is 57.1 Å². The highest BCUT2D eigenvalue weighted by Gasteiger charge is 2.30. The molecule has 160 valence electrons. The van der Waals surface area contributed by atoms with Gasteiger partial charge in [-0.1, -0.05) is 29.3 Å². The van der Waals surface area contributed by atoms with Gasteiger partial charge in [0, 0.05) is 22.0 Å². The van der Waals surface area contributed by atoms with E-state index in [1.165, 1.54) is 11.3 Å². The molecule has 0 radical (unpaired) electrons. The van der Waals surface area contributed by atoms with Crippen LogP contribution in [-0.4, -0.2) is 30.0 Å². The quantitative estimate of drug-likeness (QED) is 0.392. The molecule has 0 fully saturated rings. The van der Waals surface area contributed by atoms with E-state index in [4.69, 9.17) is 27.9 Å². The zero-order valence-electron chi connectivity index (χ0n) is 16.7. The summed E-state index contributed by atoms with van der Waals surface area (Å²) in [6, 6.07) is 10.3. The molecule has 1 amide bonds. The van der Waals surface area contributed by atoms with Gasteiger partial charge in [0.15, 0.2) is 0 Å². The molecule has 1 aliphatic heterocycles. The van der Waals surface area contributed by atoms with Gasteiger partial charge < -0.3 is 15.0 Å². The number of carbonyl (C=O) groups excluding carboxylic acids is 2. The van der Waals surface area contributed by atoms with Crippen molar-refractivity contribution in [3.05, 3.63) is 74.3 Å². The third-order valence-electron chi connectivity index (χ3n) is 4.93. The molecule has 0 spiro atoms. The minimum atomic E-state index is -0.428. The second kappa shape index (κ2) is 9.26. The maximum Gasteiger partial charge on any atom is 0.341 e. The zero-order chi connectivity index (χ0) is 22.0. The van der Waals surface area contributed by atoms with E-state index in [0.717, 1.165) is 16.1 Å². The van der Waals surface area contributed by atoms with Gasteiger partial charge in [0.2, 0.25) is 0 Å². The number of pyridine rings is 1. The number of benzene rings is 1. The fourth-order valence-electron chi connectivity index (χ4n) is 3.49. The molecular weight excluding hydrogens is 457 g/mol. The minimum Gasteiger partial charge on any atom is -0.462 e. The predicted molar refractivity (Wildman–Crippen MR) is 124 cm³/mol. The number of hydrogen-bond donors (Lipinski definition) is 1. The first-order chi connectivity index (χ1) is 15.0. The SMILES string of the molecule is CCOC(=O)c1c(NC(=O)c2cccc(Cl)c2)sc2c1CCN(c1ccc(Cl)nc1)C2. The van der Waals surface area contributed by atoms with E-state index in [1.54, 1.807) is 43.5 Å². The first kappa shape index (κ1) is 21.6. The van der Waals surface area contributed by atoms with Crippen molar-refractivity contribution in [3.8, 4) is 0 Å². The van der Waals surface area contributed by atoms with Gasteiger partial charge in [-0.15, -0.1) is 11.3 Å². The van der Waals surface area contributed by atoms with Crippen LogP contribution in [0.1, 0.15) is 38.1 Å². The summed E-state index contributed by atoms with van der Waals surface area (Å²) in [5.41, 5.74) is 2.72. The third-order valence-corrected chi connectivity index (χ3v) is 6.52. The highest BCUT2D eigenvalue weighted by Crippen LogP contribution is 2.39. The molecule has 0 bridgehead atoms. The van der Waals surface area contributed by atoms with Gasteiger partial charge in [-0.25, -0.2) is 9.78 Å². The van der Waals surface area contributed by atoms with Gasteiger partial charge in [-0.2, -0.15) is 0 Å². The largest absolute Gasteiger partial charge is 0.462 e. The van der Waals surface area contributed by atoms with E-state index < -0.39 is 5.97 Å². The van der Waals surface area contributed by atoms with Crippen LogP contribution in [0.25, 0.3) is 0 Å². The fourth-order valence-corrected chi connectivity index (χ4v) is 5.04. The summed E-state index contributed by atoms with van der Waals surface area (Å²) in [5.74, 6) is -0.756. The Labute approximate surface area is 193 Å². The van der Waals surface area contributed by atoms with Gasteiger partial charge in [0.05, 0.1) is 30.6 Å². The van der Waals surface area contributed by atoms with Crippen LogP contribution < -0.4 is 10.2 Å². The Balaban J connectivity index is 1.65. The highest BCUT2D eigenvalue weighted by atomic mass is 35.5. The Kier molecular flexibility index (Phi) is 6.46. The standard InChI is InChI=1S/C22H19Cl2N3O3S/c1-2-30-22(29)19-16-8-9-27(15-6-7-18(24)25-11-15)12-17(16)31-21(19)26-20(28)13-4-3-5-14(23)10-13/h3-7,10-11H,2,8-9,12H2,1H3,(H,26,28). The minimum absolute atomic E-state index is 0.258. The monoisotopic (exact) mass is 475 g/mol. The number of nitrogens with one attached hydrogen (secondary N) is 1. The smallest absolute Gasteiger partial charge is 0.341 e. The fraction of sp³-hybridized carbons (Fsp3) is 0.227. The molecule has 0 aliphatic carbocycles. The summed E-state index contributed by atoms with van der Waals surface area (Å²) in [4.78, 5) is 32.8. The van der Waals surface area contributed by atoms with Gasteiger partial charge in [0.1, 0.15) is 10.2 Å². The molecule has 1 aliphatic rings. The van der Waals surface area contributed by atoms with Gasteiger partial charge in [-0.05, 0) is 49.2 Å². The number of aromatic nitrogens is 1. The lowest BCUT2D eigenvalue weighted by atomic mass is 10.0. The average Bonchev–Trinajstić information content (AvgIpc) is 3.11. The molecule has 0 saturated carbocycles. The second-order valence-corrected chi connectivity index (χ2v) is 8.83. The molecule has 6 nitrogen and oxygen atoms in total. The molecule has 3 heterocycles. The molecular formula is C22H19Cl2N3O3S. The summed E-state index contributed by atoms with van der Waals surface area (Å²) >= 11 is 13.3. The molecule has 1 N–H and O–H groups in total. The number of ether oxygens (including phenoxy) is 1. The van der Waals surface area contributed by atoms with Crippen LogP contribution in [0.4, 0.5) is 10.7 Å². The van der Waals surface area contributed by atoms with Crippen LogP contribution in [0.5, 0.6) is 0 Å². The number of anilines is 2. The van der Waals surface area contributed by atoms with E-state index in [2.05, 4.69) is 15.2 Å². The summed E-state index contributed by atoms with van der Waals surface area (Å²) in [6.07, 6.45) is 2.38. The van der Waals surface area contributed by atoms with Crippen LogP contribution in [-0.2, 0) is 17.7 Å². The summed E-state index contributed by atoms with van der Waals surface area (Å²) in [5, 5.41) is 4.28. The molecule has 31 heavy (non-hydrogen) atoms. The van der Waals surface area contributed by atoms with Crippen LogP contribution in [0.15, 0.2) is 42.6 Å². The van der Waals surface area contributed by atoms with E-state index in [1.807, 2.05) is 6.07 Å². The maximum absolute atomic E-state index is 12.8. The summed E-state index contributed by atoms with van der Waals surface area (Å²) in [7, 11) is 0. The lowest BCUT2D eigenvalue weighted by Crippen LogP contribution is -2.30. The molecule has 1 aromatic carbocycles. The Hall–Kier alpha value is -2.61. The number of nitrogens with zero attached hydrogens (tertiary/aromatic N) is 2. The number of thiophene rings is 1. The maximum atomic E-state index is 12.8. The summed E-state index contributed by atoms with van der Waals surface area (Å²) in [6.45, 7) is 3.33. The van der Waals surface area contributed by atoms with Gasteiger partial charge in [0.25, 0.3) is 5.91 Å². The van der Waals surface area contributed by atoms with Crippen LogP contribution in [0, 0.1) is 0 Å². The normalized spacial score (nSPS) is 12.9. The molecule has 0 atom stereocenters. The van der Waals surface area contributed by atoms with Crippen molar-refractivity contribution < 1.29 is 14.3 Å². The molecule has 2 aromatic heterocycles. The van der Waals surface area contributed by atoms with E-state index in [-0.39, 0.29) is 12.5 Å². The third kappa shape index (κ3) is 4.69. The average molecular weight is 476 g/mol. The van der Waals surface area contributed by atoms with Crippen LogP contribution in [0.2, 0.25) is 10.2 Å². The Morgan fingerprint density at radius 3 is 2.81 bits per heavy atom. The topological polar surface area (TPSA) is 71.5 Å². The lowest BCUT2D eigenvalue weighted by Gasteiger charge is -2.28. The zero-order valence-corrected chi connectivity index (χ0v) is 19.0. The number of halogens is 2. The Morgan fingerprint density at radius 1 is 1.26 bits per heavy atom. The Morgan fingerprint density at radius 2 is 2.10 bits per heavy atom. The van der Waals surface area contributed by atoms with Crippen molar-refractivity contribution in [2.75, 3.05) is 23.4 Å². The van der Waals surface area contributed by atoms with Crippen molar-refractivity contribution in [3.63, 3.8) is 0 Å². The van der Waals surface area contributed by atoms with Crippen molar-refractivity contribution in [2.24, 2.45) is 0 Å². The molecule has 4 rings (SSSR count). The first-order valence-corrected chi connectivity index (χ1v) is 11.3. The lowest BCUT2D eigenvalue weighted by molar-refractivity contribution is 0.0526. The van der Waals surface area contributed by atoms with Crippen molar-refractivity contribution in [2.45, 2.75) is 19.9 Å². The second-order valence-electron chi connectivity index (χ2n) is 6.90. The first-order valence-electron chi connectivity index (χ1n) is 9.71. The number of carbonyl (C=O) groups is 2. The highest BCUT2D eigenvalue weighted by molar-refractivity contribution is 7.17.